The highest BCUT2D eigenvalue weighted by molar-refractivity contribution is 7.14. The number of anilines is 2. The predicted octanol–water partition coefficient (Wildman–Crippen LogP) is 2.82. The summed E-state index contributed by atoms with van der Waals surface area (Å²) >= 11 is 7.00. The van der Waals surface area contributed by atoms with Crippen LogP contribution in [0.15, 0.2) is 29.6 Å². The molecule has 1 aromatic carbocycles. The summed E-state index contributed by atoms with van der Waals surface area (Å²) in [6.45, 7) is 0.813. The lowest BCUT2D eigenvalue weighted by atomic mass is 10.3. The zero-order valence-corrected chi connectivity index (χ0v) is 13.8. The van der Waals surface area contributed by atoms with E-state index in [0.717, 1.165) is 11.3 Å². The normalized spacial score (nSPS) is 10.2. The van der Waals surface area contributed by atoms with Crippen molar-refractivity contribution < 1.29 is 14.3 Å². The van der Waals surface area contributed by atoms with E-state index in [1.165, 1.54) is 0 Å². The van der Waals surface area contributed by atoms with E-state index in [2.05, 4.69) is 20.9 Å². The molecule has 0 aliphatic heterocycles. The van der Waals surface area contributed by atoms with E-state index in [9.17, 15) is 9.59 Å². The summed E-state index contributed by atoms with van der Waals surface area (Å²) in [5.41, 5.74) is 0.799. The lowest BCUT2D eigenvalue weighted by Crippen LogP contribution is -2.27. The van der Waals surface area contributed by atoms with Crippen LogP contribution in [0.1, 0.15) is 10.5 Å². The van der Waals surface area contributed by atoms with Crippen molar-refractivity contribution in [1.82, 2.24) is 10.3 Å². The molecule has 0 aliphatic carbocycles. The number of benzene rings is 1. The molecule has 3 amide bonds. The number of thiazole rings is 1. The minimum Gasteiger partial charge on any atom is -0.383 e. The van der Waals surface area contributed by atoms with Gasteiger partial charge in [0.1, 0.15) is 5.69 Å². The Kier molecular flexibility index (Phi) is 6.33. The summed E-state index contributed by atoms with van der Waals surface area (Å²) in [5, 5.41) is 10.2. The standard InChI is InChI=1S/C14H15ClN4O3S/c1-22-6-5-16-12(20)11-8-23-14(18-11)19-13(21)17-10-4-2-3-9(15)7-10/h2-4,7-8H,5-6H2,1H3,(H,16,20)(H2,17,18,19,21). The van der Waals surface area contributed by atoms with Crippen molar-refractivity contribution in [2.45, 2.75) is 0 Å². The maximum atomic E-state index is 11.9. The Morgan fingerprint density at radius 1 is 1.35 bits per heavy atom. The van der Waals surface area contributed by atoms with E-state index in [-0.39, 0.29) is 11.6 Å². The molecule has 1 aromatic heterocycles. The van der Waals surface area contributed by atoms with E-state index >= 15 is 0 Å². The van der Waals surface area contributed by atoms with Crippen molar-refractivity contribution in [3.05, 3.63) is 40.4 Å². The molecule has 0 radical (unpaired) electrons. The van der Waals surface area contributed by atoms with Crippen LogP contribution in [0.25, 0.3) is 0 Å². The molecule has 1 heterocycles. The van der Waals surface area contributed by atoms with Crippen LogP contribution < -0.4 is 16.0 Å². The van der Waals surface area contributed by atoms with Crippen molar-refractivity contribution in [2.24, 2.45) is 0 Å². The number of nitrogens with zero attached hydrogens (tertiary/aromatic N) is 1. The molecule has 0 atom stereocenters. The third-order valence-corrected chi connectivity index (χ3v) is 3.62. The molecule has 0 unspecified atom stereocenters. The van der Waals surface area contributed by atoms with E-state index in [1.807, 2.05) is 0 Å². The first-order chi connectivity index (χ1) is 11.1. The van der Waals surface area contributed by atoms with Gasteiger partial charge in [0.2, 0.25) is 0 Å². The van der Waals surface area contributed by atoms with Crippen LogP contribution in [0.5, 0.6) is 0 Å². The number of aromatic nitrogens is 1. The summed E-state index contributed by atoms with van der Waals surface area (Å²) in [6.07, 6.45) is 0. The molecular weight excluding hydrogens is 340 g/mol. The number of nitrogens with one attached hydrogen (secondary N) is 3. The Balaban J connectivity index is 1.88. The molecule has 7 nitrogen and oxygen atoms in total. The molecule has 0 aliphatic rings. The van der Waals surface area contributed by atoms with Crippen molar-refractivity contribution >= 4 is 45.7 Å². The number of carbonyl (C=O) groups excluding carboxylic acids is 2. The molecule has 3 N–H and O–H groups in total. The van der Waals surface area contributed by atoms with Crippen LogP contribution >= 0.6 is 22.9 Å². The highest BCUT2D eigenvalue weighted by Crippen LogP contribution is 2.17. The fraction of sp³-hybridized carbons (Fsp3) is 0.214. The molecule has 0 fully saturated rings. The molecule has 2 aromatic rings. The van der Waals surface area contributed by atoms with E-state index < -0.39 is 6.03 Å². The number of methoxy groups -OCH3 is 1. The lowest BCUT2D eigenvalue weighted by molar-refractivity contribution is 0.0933. The monoisotopic (exact) mass is 354 g/mol. The van der Waals surface area contributed by atoms with Crippen LogP contribution in [0.2, 0.25) is 5.02 Å². The van der Waals surface area contributed by atoms with Crippen molar-refractivity contribution in [3.8, 4) is 0 Å². The number of urea groups is 1. The van der Waals surface area contributed by atoms with Crippen LogP contribution in [-0.2, 0) is 4.74 Å². The molecule has 9 heteroatoms. The van der Waals surface area contributed by atoms with Gasteiger partial charge in [-0.05, 0) is 18.2 Å². The smallest absolute Gasteiger partial charge is 0.325 e. The van der Waals surface area contributed by atoms with E-state index in [0.29, 0.717) is 29.0 Å². The molecule has 2 rings (SSSR count). The van der Waals surface area contributed by atoms with Gasteiger partial charge in [-0.3, -0.25) is 10.1 Å². The molecule has 0 saturated heterocycles. The topological polar surface area (TPSA) is 92.4 Å². The van der Waals surface area contributed by atoms with Gasteiger partial charge < -0.3 is 15.4 Å². The Morgan fingerprint density at radius 2 is 2.17 bits per heavy atom. The van der Waals surface area contributed by atoms with Gasteiger partial charge in [-0.2, -0.15) is 0 Å². The minimum atomic E-state index is -0.465. The van der Waals surface area contributed by atoms with Crippen LogP contribution in [0, 0.1) is 0 Å². The lowest BCUT2D eigenvalue weighted by Gasteiger charge is -2.05. The summed E-state index contributed by atoms with van der Waals surface area (Å²) < 4.78 is 4.84. The second kappa shape index (κ2) is 8.47. The Hall–Kier alpha value is -2.16. The SMILES string of the molecule is COCCNC(=O)c1csc(NC(=O)Nc2cccc(Cl)c2)n1. The largest absolute Gasteiger partial charge is 0.383 e. The number of hydrogen-bond acceptors (Lipinski definition) is 5. The second-order valence-corrected chi connectivity index (χ2v) is 5.67. The molecule has 0 saturated carbocycles. The van der Waals surface area contributed by atoms with E-state index in [4.69, 9.17) is 16.3 Å². The molecule has 0 spiro atoms. The van der Waals surface area contributed by atoms with Crippen LogP contribution in [0.4, 0.5) is 15.6 Å². The first-order valence-corrected chi connectivity index (χ1v) is 7.90. The fourth-order valence-electron chi connectivity index (χ4n) is 1.62. The first-order valence-electron chi connectivity index (χ1n) is 6.64. The second-order valence-electron chi connectivity index (χ2n) is 4.38. The van der Waals surface area contributed by atoms with Crippen molar-refractivity contribution in [3.63, 3.8) is 0 Å². The Morgan fingerprint density at radius 3 is 2.91 bits per heavy atom. The summed E-state index contributed by atoms with van der Waals surface area (Å²) in [6, 6.07) is 6.30. The van der Waals surface area contributed by atoms with Gasteiger partial charge in [0.05, 0.1) is 6.61 Å². The number of rotatable bonds is 6. The maximum absolute atomic E-state index is 11.9. The van der Waals surface area contributed by atoms with Crippen LogP contribution in [0.3, 0.4) is 0 Å². The van der Waals surface area contributed by atoms with E-state index in [1.54, 1.807) is 36.8 Å². The van der Waals surface area contributed by atoms with Crippen molar-refractivity contribution in [1.29, 1.82) is 0 Å². The van der Waals surface area contributed by atoms with Gasteiger partial charge in [-0.25, -0.2) is 9.78 Å². The summed E-state index contributed by atoms with van der Waals surface area (Å²) in [5.74, 6) is -0.318. The zero-order chi connectivity index (χ0) is 16.7. The Labute approximate surface area is 142 Å². The fourth-order valence-corrected chi connectivity index (χ4v) is 2.49. The average molecular weight is 355 g/mol. The quantitative estimate of drug-likeness (QED) is 0.695. The number of ether oxygens (including phenoxy) is 1. The van der Waals surface area contributed by atoms with Gasteiger partial charge in [0, 0.05) is 29.7 Å². The predicted molar refractivity (Wildman–Crippen MR) is 90.4 cm³/mol. The maximum Gasteiger partial charge on any atom is 0.325 e. The highest BCUT2D eigenvalue weighted by atomic mass is 35.5. The van der Waals surface area contributed by atoms with Gasteiger partial charge >= 0.3 is 6.03 Å². The van der Waals surface area contributed by atoms with Crippen LogP contribution in [-0.4, -0.2) is 37.2 Å². The first kappa shape index (κ1) is 17.2. The minimum absolute atomic E-state index is 0.240. The van der Waals surface area contributed by atoms with Gasteiger partial charge in [-0.15, -0.1) is 11.3 Å². The number of carbonyl (C=O) groups is 2. The summed E-state index contributed by atoms with van der Waals surface area (Å²) in [7, 11) is 1.55. The molecular formula is C14H15ClN4O3S. The van der Waals surface area contributed by atoms with Crippen molar-refractivity contribution in [2.75, 3.05) is 30.9 Å². The third kappa shape index (κ3) is 5.51. The molecule has 23 heavy (non-hydrogen) atoms. The molecule has 0 bridgehead atoms. The number of hydrogen-bond donors (Lipinski definition) is 3. The molecule has 122 valence electrons. The number of amides is 3. The Bertz CT molecular complexity index is 692. The van der Waals surface area contributed by atoms with Gasteiger partial charge in [0.25, 0.3) is 5.91 Å². The van der Waals surface area contributed by atoms with Gasteiger partial charge in [0.15, 0.2) is 5.13 Å². The summed E-state index contributed by atoms with van der Waals surface area (Å²) in [4.78, 5) is 27.7. The average Bonchev–Trinajstić information content (AvgIpc) is 2.95. The van der Waals surface area contributed by atoms with Gasteiger partial charge in [-0.1, -0.05) is 17.7 Å². The zero-order valence-electron chi connectivity index (χ0n) is 12.3. The third-order valence-electron chi connectivity index (χ3n) is 2.63. The highest BCUT2D eigenvalue weighted by Gasteiger charge is 2.12. The number of halogens is 1.